The van der Waals surface area contributed by atoms with Crippen molar-refractivity contribution in [2.45, 2.75) is 39.7 Å². The Hall–Kier alpha value is -1.02. The Morgan fingerprint density at radius 2 is 1.94 bits per heavy atom. The Bertz CT molecular complexity index is 388. The van der Waals surface area contributed by atoms with Crippen molar-refractivity contribution >= 4 is 5.69 Å². The van der Waals surface area contributed by atoms with Crippen LogP contribution in [0.4, 0.5) is 5.69 Å². The summed E-state index contributed by atoms with van der Waals surface area (Å²) in [6.45, 7) is 8.99. The highest BCUT2D eigenvalue weighted by atomic mass is 15.2. The average molecular weight is 246 g/mol. The Morgan fingerprint density at radius 1 is 1.22 bits per heavy atom. The predicted octanol–water partition coefficient (Wildman–Crippen LogP) is 3.06. The van der Waals surface area contributed by atoms with E-state index in [0.29, 0.717) is 6.04 Å². The van der Waals surface area contributed by atoms with Crippen molar-refractivity contribution in [1.82, 2.24) is 0 Å². The average Bonchev–Trinajstić information content (AvgIpc) is 2.35. The van der Waals surface area contributed by atoms with Gasteiger partial charge in [-0.05, 0) is 49.8 Å². The third-order valence-corrected chi connectivity index (χ3v) is 4.31. The first-order valence-corrected chi connectivity index (χ1v) is 7.18. The van der Waals surface area contributed by atoms with Crippen LogP contribution in [0.15, 0.2) is 24.3 Å². The summed E-state index contributed by atoms with van der Waals surface area (Å²) in [6, 6.07) is 9.37. The molecule has 3 atom stereocenters. The Labute approximate surface area is 111 Å². The van der Waals surface area contributed by atoms with E-state index in [2.05, 4.69) is 49.9 Å². The lowest BCUT2D eigenvalue weighted by atomic mass is 9.85. The van der Waals surface area contributed by atoms with Gasteiger partial charge in [-0.25, -0.2) is 0 Å². The number of anilines is 1. The number of hydrogen-bond acceptors (Lipinski definition) is 2. The second-order valence-corrected chi connectivity index (χ2v) is 5.88. The van der Waals surface area contributed by atoms with Gasteiger partial charge >= 0.3 is 0 Å². The third kappa shape index (κ3) is 2.69. The van der Waals surface area contributed by atoms with Crippen LogP contribution in [0.1, 0.15) is 32.8 Å². The SMILES string of the molecule is CC1CC(C)C(C)N(c2ccccc2CCN)C1. The molecule has 0 bridgehead atoms. The first-order chi connectivity index (χ1) is 8.63. The van der Waals surface area contributed by atoms with E-state index in [0.717, 1.165) is 24.8 Å². The number of piperidine rings is 1. The number of rotatable bonds is 3. The van der Waals surface area contributed by atoms with Crippen LogP contribution in [0.25, 0.3) is 0 Å². The van der Waals surface area contributed by atoms with Crippen LogP contribution in [-0.2, 0) is 6.42 Å². The van der Waals surface area contributed by atoms with Crippen molar-refractivity contribution in [2.75, 3.05) is 18.0 Å². The minimum absolute atomic E-state index is 0.625. The van der Waals surface area contributed by atoms with Crippen molar-refractivity contribution in [3.8, 4) is 0 Å². The molecule has 18 heavy (non-hydrogen) atoms. The van der Waals surface area contributed by atoms with Gasteiger partial charge in [-0.1, -0.05) is 32.0 Å². The number of hydrogen-bond donors (Lipinski definition) is 1. The zero-order chi connectivity index (χ0) is 13.1. The molecule has 1 fully saturated rings. The highest BCUT2D eigenvalue weighted by Crippen LogP contribution is 2.33. The molecule has 0 radical (unpaired) electrons. The molecule has 2 heteroatoms. The molecule has 2 nitrogen and oxygen atoms in total. The summed E-state index contributed by atoms with van der Waals surface area (Å²) in [5.74, 6) is 1.54. The summed E-state index contributed by atoms with van der Waals surface area (Å²) in [4.78, 5) is 2.59. The molecule has 0 saturated carbocycles. The van der Waals surface area contributed by atoms with E-state index in [1.165, 1.54) is 24.2 Å². The molecular formula is C16H26N2. The van der Waals surface area contributed by atoms with Gasteiger partial charge in [0.25, 0.3) is 0 Å². The number of benzene rings is 1. The van der Waals surface area contributed by atoms with Crippen LogP contribution in [0, 0.1) is 11.8 Å². The molecule has 0 aliphatic carbocycles. The predicted molar refractivity (Wildman–Crippen MR) is 79.0 cm³/mol. The van der Waals surface area contributed by atoms with E-state index in [1.807, 2.05) is 0 Å². The monoisotopic (exact) mass is 246 g/mol. The molecule has 1 saturated heterocycles. The van der Waals surface area contributed by atoms with Crippen molar-refractivity contribution in [3.05, 3.63) is 29.8 Å². The van der Waals surface area contributed by atoms with Gasteiger partial charge in [0.05, 0.1) is 0 Å². The number of nitrogens with zero attached hydrogens (tertiary/aromatic N) is 1. The molecule has 2 rings (SSSR count). The minimum atomic E-state index is 0.625. The van der Waals surface area contributed by atoms with Crippen LogP contribution < -0.4 is 10.6 Å². The Balaban J connectivity index is 2.28. The lowest BCUT2D eigenvalue weighted by Gasteiger charge is -2.43. The molecule has 1 aliphatic heterocycles. The van der Waals surface area contributed by atoms with Gasteiger partial charge in [0.2, 0.25) is 0 Å². The molecule has 100 valence electrons. The van der Waals surface area contributed by atoms with Crippen LogP contribution >= 0.6 is 0 Å². The first-order valence-electron chi connectivity index (χ1n) is 7.18. The van der Waals surface area contributed by atoms with Gasteiger partial charge in [0.1, 0.15) is 0 Å². The first kappa shape index (κ1) is 13.4. The van der Waals surface area contributed by atoms with Crippen LogP contribution in [0.5, 0.6) is 0 Å². The zero-order valence-electron chi connectivity index (χ0n) is 11.9. The molecule has 0 amide bonds. The van der Waals surface area contributed by atoms with E-state index in [9.17, 15) is 0 Å². The fourth-order valence-corrected chi connectivity index (χ4v) is 3.19. The molecular weight excluding hydrogens is 220 g/mol. The maximum absolute atomic E-state index is 5.73. The lowest BCUT2D eigenvalue weighted by Crippen LogP contribution is -2.46. The van der Waals surface area contributed by atoms with E-state index >= 15 is 0 Å². The quantitative estimate of drug-likeness (QED) is 0.888. The highest BCUT2D eigenvalue weighted by molar-refractivity contribution is 5.55. The Morgan fingerprint density at radius 3 is 2.67 bits per heavy atom. The van der Waals surface area contributed by atoms with E-state index in [-0.39, 0.29) is 0 Å². The van der Waals surface area contributed by atoms with Crippen molar-refractivity contribution in [1.29, 1.82) is 0 Å². The van der Waals surface area contributed by atoms with Gasteiger partial charge < -0.3 is 10.6 Å². The summed E-state index contributed by atoms with van der Waals surface area (Å²) >= 11 is 0. The van der Waals surface area contributed by atoms with Gasteiger partial charge in [-0.2, -0.15) is 0 Å². The van der Waals surface area contributed by atoms with Crippen LogP contribution in [0.3, 0.4) is 0 Å². The normalized spacial score (nSPS) is 28.4. The summed E-state index contributed by atoms with van der Waals surface area (Å²) in [6.07, 6.45) is 2.32. The number of para-hydroxylation sites is 1. The van der Waals surface area contributed by atoms with E-state index in [4.69, 9.17) is 5.73 Å². The fourth-order valence-electron chi connectivity index (χ4n) is 3.19. The molecule has 2 N–H and O–H groups in total. The molecule has 1 aliphatic rings. The summed E-state index contributed by atoms with van der Waals surface area (Å²) in [5.41, 5.74) is 8.52. The number of nitrogens with two attached hydrogens (primary N) is 1. The van der Waals surface area contributed by atoms with E-state index in [1.54, 1.807) is 0 Å². The zero-order valence-corrected chi connectivity index (χ0v) is 11.9. The Kier molecular flexibility index (Phi) is 4.28. The lowest BCUT2D eigenvalue weighted by molar-refractivity contribution is 0.296. The standard InChI is InChI=1S/C16H26N2/c1-12-10-13(2)14(3)18(11-12)16-7-5-4-6-15(16)8-9-17/h4-7,12-14H,8-11,17H2,1-3H3. The molecule has 1 heterocycles. The van der Waals surface area contributed by atoms with Crippen molar-refractivity contribution < 1.29 is 0 Å². The van der Waals surface area contributed by atoms with E-state index < -0.39 is 0 Å². The van der Waals surface area contributed by atoms with Crippen LogP contribution in [0.2, 0.25) is 0 Å². The molecule has 1 aromatic rings. The van der Waals surface area contributed by atoms with Gasteiger partial charge in [0.15, 0.2) is 0 Å². The van der Waals surface area contributed by atoms with Crippen molar-refractivity contribution in [2.24, 2.45) is 17.6 Å². The maximum Gasteiger partial charge on any atom is 0.0401 e. The van der Waals surface area contributed by atoms with Gasteiger partial charge in [-0.3, -0.25) is 0 Å². The largest absolute Gasteiger partial charge is 0.368 e. The second-order valence-electron chi connectivity index (χ2n) is 5.88. The summed E-state index contributed by atoms with van der Waals surface area (Å²) in [7, 11) is 0. The van der Waals surface area contributed by atoms with Gasteiger partial charge in [0, 0.05) is 18.3 Å². The topological polar surface area (TPSA) is 29.3 Å². The van der Waals surface area contributed by atoms with Crippen molar-refractivity contribution in [3.63, 3.8) is 0 Å². The molecule has 0 spiro atoms. The maximum atomic E-state index is 5.73. The second kappa shape index (κ2) is 5.75. The fraction of sp³-hybridized carbons (Fsp3) is 0.625. The highest BCUT2D eigenvalue weighted by Gasteiger charge is 2.29. The molecule has 1 aromatic carbocycles. The summed E-state index contributed by atoms with van der Waals surface area (Å²) in [5, 5.41) is 0. The van der Waals surface area contributed by atoms with Crippen LogP contribution in [-0.4, -0.2) is 19.1 Å². The molecule has 0 aromatic heterocycles. The third-order valence-electron chi connectivity index (χ3n) is 4.31. The smallest absolute Gasteiger partial charge is 0.0401 e. The van der Waals surface area contributed by atoms with Gasteiger partial charge in [-0.15, -0.1) is 0 Å². The molecule has 3 unspecified atom stereocenters. The summed E-state index contributed by atoms with van der Waals surface area (Å²) < 4.78 is 0. The minimum Gasteiger partial charge on any atom is -0.368 e.